The van der Waals surface area contributed by atoms with Crippen molar-refractivity contribution in [3.05, 3.63) is 39.2 Å². The van der Waals surface area contributed by atoms with Crippen LogP contribution in [0.15, 0.2) is 27.4 Å². The van der Waals surface area contributed by atoms with Gasteiger partial charge in [0.15, 0.2) is 5.75 Å². The summed E-state index contributed by atoms with van der Waals surface area (Å²) in [5.74, 6) is -0.384. The van der Waals surface area contributed by atoms with Crippen molar-refractivity contribution < 1.29 is 23.5 Å². The minimum Gasteiger partial charge on any atom is -0.444 e. The van der Waals surface area contributed by atoms with E-state index in [1.807, 2.05) is 6.92 Å². The van der Waals surface area contributed by atoms with Crippen LogP contribution in [0.25, 0.3) is 11.0 Å². The molecule has 0 aliphatic heterocycles. The van der Waals surface area contributed by atoms with Crippen LogP contribution in [0, 0.1) is 0 Å². The van der Waals surface area contributed by atoms with Gasteiger partial charge in [-0.15, -0.1) is 0 Å². The Morgan fingerprint density at radius 2 is 1.93 bits per heavy atom. The average Bonchev–Trinajstić information content (AvgIpc) is 2.59. The lowest BCUT2D eigenvalue weighted by Gasteiger charge is -2.19. The molecule has 0 fully saturated rings. The average molecular weight is 424 g/mol. The van der Waals surface area contributed by atoms with E-state index in [-0.39, 0.29) is 23.7 Å². The van der Waals surface area contributed by atoms with Crippen LogP contribution in [-0.4, -0.2) is 24.2 Å². The van der Waals surface area contributed by atoms with Crippen molar-refractivity contribution in [2.75, 3.05) is 6.54 Å². The maximum Gasteiger partial charge on any atom is 0.407 e. The van der Waals surface area contributed by atoms with E-state index in [0.29, 0.717) is 18.4 Å². The maximum atomic E-state index is 12.1. The summed E-state index contributed by atoms with van der Waals surface area (Å²) >= 11 is 6.25. The number of aryl methyl sites for hydroxylation is 1. The fourth-order valence-electron chi connectivity index (χ4n) is 2.69. The third kappa shape index (κ3) is 7.09. The number of carbonyl (C=O) groups is 2. The molecule has 1 heterocycles. The maximum absolute atomic E-state index is 12.1. The molecule has 1 aromatic heterocycles. The number of rotatable bonds is 7. The number of carbonyl (C=O) groups excluding carboxylic acids is 2. The van der Waals surface area contributed by atoms with Crippen LogP contribution in [0.3, 0.4) is 0 Å². The number of hydrogen-bond donors (Lipinski definition) is 1. The molecule has 2 rings (SSSR count). The lowest BCUT2D eigenvalue weighted by atomic mass is 10.1. The normalized spacial score (nSPS) is 11.3. The Kier molecular flexibility index (Phi) is 7.67. The molecule has 0 atom stereocenters. The number of ether oxygens (including phenoxy) is 2. The van der Waals surface area contributed by atoms with Gasteiger partial charge in [-0.3, -0.25) is 4.79 Å². The third-order valence-electron chi connectivity index (χ3n) is 3.85. The number of benzene rings is 1. The number of hydrogen-bond acceptors (Lipinski definition) is 6. The first-order chi connectivity index (χ1) is 13.6. The van der Waals surface area contributed by atoms with Crippen LogP contribution >= 0.6 is 11.6 Å². The Bertz CT molecular complexity index is 945. The summed E-state index contributed by atoms with van der Waals surface area (Å²) < 4.78 is 15.6. The van der Waals surface area contributed by atoms with E-state index in [1.165, 1.54) is 12.1 Å². The van der Waals surface area contributed by atoms with Crippen LogP contribution in [0.5, 0.6) is 5.75 Å². The molecule has 0 spiro atoms. The Balaban J connectivity index is 1.97. The highest BCUT2D eigenvalue weighted by molar-refractivity contribution is 6.33. The monoisotopic (exact) mass is 423 g/mol. The second-order valence-electron chi connectivity index (χ2n) is 7.63. The SMILES string of the molecule is CCCc1cc(=O)oc2cc(OC(=O)CCCNC(=O)OC(C)(C)C)c(Cl)cc12. The summed E-state index contributed by atoms with van der Waals surface area (Å²) in [5.41, 5.74) is 0.113. The number of halogens is 1. The molecule has 1 aromatic carbocycles. The first-order valence-corrected chi connectivity index (χ1v) is 9.90. The third-order valence-corrected chi connectivity index (χ3v) is 4.15. The van der Waals surface area contributed by atoms with Gasteiger partial charge >= 0.3 is 17.7 Å². The molecule has 0 radical (unpaired) electrons. The molecule has 158 valence electrons. The molecule has 8 heteroatoms. The van der Waals surface area contributed by atoms with Crippen LogP contribution in [0.2, 0.25) is 5.02 Å². The summed E-state index contributed by atoms with van der Waals surface area (Å²) in [5, 5.41) is 3.55. The first-order valence-electron chi connectivity index (χ1n) is 9.53. The van der Waals surface area contributed by atoms with E-state index >= 15 is 0 Å². The van der Waals surface area contributed by atoms with Gasteiger partial charge in [0.2, 0.25) is 0 Å². The van der Waals surface area contributed by atoms with Gasteiger partial charge in [0.05, 0.1) is 5.02 Å². The number of alkyl carbamates (subject to hydrolysis) is 1. The molecule has 1 amide bonds. The number of nitrogens with one attached hydrogen (secondary N) is 1. The van der Waals surface area contributed by atoms with E-state index in [2.05, 4.69) is 5.32 Å². The summed E-state index contributed by atoms with van der Waals surface area (Å²) in [6.45, 7) is 7.58. The van der Waals surface area contributed by atoms with Gasteiger partial charge in [-0.1, -0.05) is 24.9 Å². The van der Waals surface area contributed by atoms with Gasteiger partial charge in [-0.05, 0) is 45.2 Å². The van der Waals surface area contributed by atoms with Crippen molar-refractivity contribution in [1.82, 2.24) is 5.32 Å². The smallest absolute Gasteiger partial charge is 0.407 e. The molecule has 0 aliphatic carbocycles. The zero-order chi connectivity index (χ0) is 21.6. The fraction of sp³-hybridized carbons (Fsp3) is 0.476. The molecular formula is C21H26ClNO6. The Hall–Kier alpha value is -2.54. The highest BCUT2D eigenvalue weighted by atomic mass is 35.5. The van der Waals surface area contributed by atoms with Gasteiger partial charge in [0.25, 0.3) is 0 Å². The van der Waals surface area contributed by atoms with Crippen molar-refractivity contribution in [1.29, 1.82) is 0 Å². The highest BCUT2D eigenvalue weighted by Crippen LogP contribution is 2.31. The summed E-state index contributed by atoms with van der Waals surface area (Å²) in [6.07, 6.45) is 1.48. The number of esters is 1. The lowest BCUT2D eigenvalue weighted by Crippen LogP contribution is -2.33. The summed E-state index contributed by atoms with van der Waals surface area (Å²) in [6, 6.07) is 4.54. The fourth-order valence-corrected chi connectivity index (χ4v) is 2.90. The van der Waals surface area contributed by atoms with E-state index in [0.717, 1.165) is 17.4 Å². The van der Waals surface area contributed by atoms with E-state index < -0.39 is 23.3 Å². The van der Waals surface area contributed by atoms with E-state index in [1.54, 1.807) is 26.8 Å². The predicted octanol–water partition coefficient (Wildman–Crippen LogP) is 4.61. The standard InChI is InChI=1S/C21H26ClNO6/c1-5-7-13-10-19(25)27-16-12-17(15(22)11-14(13)16)28-18(24)8-6-9-23-20(26)29-21(2,3)4/h10-12H,5-9H2,1-4H3,(H,23,26). The van der Waals surface area contributed by atoms with Crippen molar-refractivity contribution in [3.8, 4) is 5.75 Å². The van der Waals surface area contributed by atoms with Gasteiger partial charge < -0.3 is 19.2 Å². The molecule has 0 unspecified atom stereocenters. The van der Waals surface area contributed by atoms with E-state index in [9.17, 15) is 14.4 Å². The van der Waals surface area contributed by atoms with Crippen molar-refractivity contribution >= 4 is 34.6 Å². The molecule has 0 bridgehead atoms. The first kappa shape index (κ1) is 22.7. The minimum atomic E-state index is -0.582. The van der Waals surface area contributed by atoms with E-state index in [4.69, 9.17) is 25.5 Å². The molecule has 7 nitrogen and oxygen atoms in total. The molecule has 2 aromatic rings. The molecule has 1 N–H and O–H groups in total. The molecule has 0 saturated carbocycles. The quantitative estimate of drug-likeness (QED) is 0.302. The Morgan fingerprint density at radius 3 is 2.59 bits per heavy atom. The van der Waals surface area contributed by atoms with Crippen molar-refractivity contribution in [2.45, 2.75) is 59.0 Å². The number of fused-ring (bicyclic) bond motifs is 1. The van der Waals surface area contributed by atoms with Crippen molar-refractivity contribution in [3.63, 3.8) is 0 Å². The van der Waals surface area contributed by atoms with Gasteiger partial charge in [-0.25, -0.2) is 9.59 Å². The molecular weight excluding hydrogens is 398 g/mol. The topological polar surface area (TPSA) is 94.8 Å². The van der Waals surface area contributed by atoms with Crippen LogP contribution in [0.4, 0.5) is 4.79 Å². The minimum absolute atomic E-state index is 0.0734. The second-order valence-corrected chi connectivity index (χ2v) is 8.03. The summed E-state index contributed by atoms with van der Waals surface area (Å²) in [7, 11) is 0. The van der Waals surface area contributed by atoms with Crippen molar-refractivity contribution in [2.24, 2.45) is 0 Å². The Morgan fingerprint density at radius 1 is 1.21 bits per heavy atom. The predicted molar refractivity (Wildman–Crippen MR) is 111 cm³/mol. The second kappa shape index (κ2) is 9.78. The van der Waals surface area contributed by atoms with Gasteiger partial charge in [0.1, 0.15) is 11.2 Å². The number of amides is 1. The summed E-state index contributed by atoms with van der Waals surface area (Å²) in [4.78, 5) is 35.4. The van der Waals surface area contributed by atoms with Gasteiger partial charge in [0, 0.05) is 30.5 Å². The van der Waals surface area contributed by atoms with Crippen LogP contribution in [-0.2, 0) is 16.0 Å². The van der Waals surface area contributed by atoms with Gasteiger partial charge in [-0.2, -0.15) is 0 Å². The molecule has 29 heavy (non-hydrogen) atoms. The van der Waals surface area contributed by atoms with Crippen LogP contribution < -0.4 is 15.7 Å². The lowest BCUT2D eigenvalue weighted by molar-refractivity contribution is -0.134. The molecule has 0 saturated heterocycles. The molecule has 0 aliphatic rings. The van der Waals surface area contributed by atoms with Crippen LogP contribution in [0.1, 0.15) is 52.5 Å². The largest absolute Gasteiger partial charge is 0.444 e. The zero-order valence-electron chi connectivity index (χ0n) is 17.1. The Labute approximate surface area is 174 Å². The highest BCUT2D eigenvalue weighted by Gasteiger charge is 2.16. The zero-order valence-corrected chi connectivity index (χ0v) is 17.9.